The lowest BCUT2D eigenvalue weighted by Crippen LogP contribution is -2.10. The van der Waals surface area contributed by atoms with E-state index in [-0.39, 0.29) is 18.2 Å². The highest BCUT2D eigenvalue weighted by Crippen LogP contribution is 2.22. The third-order valence-electron chi connectivity index (χ3n) is 4.11. The number of esters is 1. The lowest BCUT2D eigenvalue weighted by Gasteiger charge is -2.07. The molecule has 0 aliphatic rings. The van der Waals surface area contributed by atoms with Crippen LogP contribution in [-0.2, 0) is 22.4 Å². The summed E-state index contributed by atoms with van der Waals surface area (Å²) in [6.07, 6.45) is 2.53. The predicted octanol–water partition coefficient (Wildman–Crippen LogP) is 4.52. The minimum atomic E-state index is -0.265. The van der Waals surface area contributed by atoms with Gasteiger partial charge in [-0.15, -0.1) is 0 Å². The van der Waals surface area contributed by atoms with Crippen molar-refractivity contribution in [1.29, 1.82) is 0 Å². The van der Waals surface area contributed by atoms with Crippen molar-refractivity contribution in [3.8, 4) is 11.1 Å². The van der Waals surface area contributed by atoms with Crippen molar-refractivity contribution in [3.05, 3.63) is 89.5 Å². The quantitative estimate of drug-likeness (QED) is 0.614. The first-order valence-corrected chi connectivity index (χ1v) is 8.53. The molecule has 26 heavy (non-hydrogen) atoms. The Balaban J connectivity index is 1.50. The molecule has 132 valence electrons. The number of ether oxygens (including phenoxy) is 1. The molecule has 3 aromatic rings. The molecular weight excluding hydrogens is 329 g/mol. The Hall–Kier alpha value is -3.01. The Bertz CT molecular complexity index is 873. The Kier molecular flexibility index (Phi) is 5.74. The number of hydrogen-bond acceptors (Lipinski definition) is 3. The van der Waals surface area contributed by atoms with Crippen LogP contribution < -0.4 is 0 Å². The van der Waals surface area contributed by atoms with Crippen LogP contribution in [0.25, 0.3) is 11.1 Å². The first-order chi connectivity index (χ1) is 12.6. The molecule has 0 aliphatic carbocycles. The highest BCUT2D eigenvalue weighted by Gasteiger charge is 2.06. The number of aromatic nitrogens is 1. The van der Waals surface area contributed by atoms with E-state index in [1.807, 2.05) is 49.4 Å². The van der Waals surface area contributed by atoms with Gasteiger partial charge in [0.1, 0.15) is 5.82 Å². The first kappa shape index (κ1) is 17.8. The second-order valence-electron chi connectivity index (χ2n) is 6.13. The summed E-state index contributed by atoms with van der Waals surface area (Å²) in [7, 11) is 0. The number of benzene rings is 2. The molecule has 0 aliphatic heterocycles. The van der Waals surface area contributed by atoms with Crippen LogP contribution >= 0.6 is 0 Å². The molecule has 0 unspecified atom stereocenters. The van der Waals surface area contributed by atoms with Crippen LogP contribution in [0.2, 0.25) is 0 Å². The highest BCUT2D eigenvalue weighted by molar-refractivity contribution is 5.72. The second-order valence-corrected chi connectivity index (χ2v) is 6.13. The SMILES string of the molecule is Cc1ccc(CC(=O)OCCc2ccc(-c3ccccc3F)cc2)cn1. The predicted molar refractivity (Wildman–Crippen MR) is 99.2 cm³/mol. The van der Waals surface area contributed by atoms with Gasteiger partial charge in [0.15, 0.2) is 0 Å². The first-order valence-electron chi connectivity index (χ1n) is 8.53. The zero-order valence-electron chi connectivity index (χ0n) is 14.6. The lowest BCUT2D eigenvalue weighted by atomic mass is 10.0. The summed E-state index contributed by atoms with van der Waals surface area (Å²) in [6.45, 7) is 2.22. The van der Waals surface area contributed by atoms with Gasteiger partial charge in [0.2, 0.25) is 0 Å². The Morgan fingerprint density at radius 2 is 1.73 bits per heavy atom. The van der Waals surface area contributed by atoms with E-state index in [0.29, 0.717) is 18.6 Å². The van der Waals surface area contributed by atoms with Crippen LogP contribution in [0.5, 0.6) is 0 Å². The minimum absolute atomic E-state index is 0.222. The molecule has 0 fully saturated rings. The average molecular weight is 349 g/mol. The number of carbonyl (C=O) groups excluding carboxylic acids is 1. The maximum atomic E-state index is 13.8. The van der Waals surface area contributed by atoms with Gasteiger partial charge in [0.25, 0.3) is 0 Å². The van der Waals surface area contributed by atoms with E-state index in [9.17, 15) is 9.18 Å². The summed E-state index contributed by atoms with van der Waals surface area (Å²) in [4.78, 5) is 16.0. The van der Waals surface area contributed by atoms with Gasteiger partial charge in [0, 0.05) is 23.9 Å². The van der Waals surface area contributed by atoms with Gasteiger partial charge in [-0.25, -0.2) is 4.39 Å². The van der Waals surface area contributed by atoms with E-state index in [1.165, 1.54) is 6.07 Å². The third kappa shape index (κ3) is 4.76. The molecule has 0 radical (unpaired) electrons. The third-order valence-corrected chi connectivity index (χ3v) is 4.11. The van der Waals surface area contributed by atoms with Gasteiger partial charge < -0.3 is 4.74 Å². The molecule has 0 spiro atoms. The molecule has 3 nitrogen and oxygen atoms in total. The van der Waals surface area contributed by atoms with Gasteiger partial charge in [-0.2, -0.15) is 0 Å². The van der Waals surface area contributed by atoms with Crippen molar-refractivity contribution in [2.45, 2.75) is 19.8 Å². The smallest absolute Gasteiger partial charge is 0.310 e. The number of carbonyl (C=O) groups is 1. The number of nitrogens with zero attached hydrogens (tertiary/aromatic N) is 1. The number of aryl methyl sites for hydroxylation is 1. The van der Waals surface area contributed by atoms with E-state index in [2.05, 4.69) is 4.98 Å². The van der Waals surface area contributed by atoms with Crippen molar-refractivity contribution in [1.82, 2.24) is 4.98 Å². The summed E-state index contributed by atoms with van der Waals surface area (Å²) >= 11 is 0. The summed E-state index contributed by atoms with van der Waals surface area (Å²) in [5.41, 5.74) is 4.21. The molecule has 1 aromatic heterocycles. The van der Waals surface area contributed by atoms with Crippen molar-refractivity contribution < 1.29 is 13.9 Å². The average Bonchev–Trinajstić information content (AvgIpc) is 2.65. The molecule has 0 saturated heterocycles. The van der Waals surface area contributed by atoms with E-state index in [0.717, 1.165) is 22.4 Å². The zero-order valence-corrected chi connectivity index (χ0v) is 14.6. The number of hydrogen-bond donors (Lipinski definition) is 0. The Labute approximate surface area is 152 Å². The van der Waals surface area contributed by atoms with E-state index >= 15 is 0 Å². The van der Waals surface area contributed by atoms with Crippen LogP contribution in [0.4, 0.5) is 4.39 Å². The minimum Gasteiger partial charge on any atom is -0.465 e. The molecule has 2 aromatic carbocycles. The molecular formula is C22H20FNO2. The maximum Gasteiger partial charge on any atom is 0.310 e. The Morgan fingerprint density at radius 1 is 1.00 bits per heavy atom. The van der Waals surface area contributed by atoms with Crippen molar-refractivity contribution in [2.75, 3.05) is 6.61 Å². The van der Waals surface area contributed by atoms with Crippen LogP contribution in [0.15, 0.2) is 66.9 Å². The van der Waals surface area contributed by atoms with Crippen LogP contribution in [0.1, 0.15) is 16.8 Å². The molecule has 4 heteroatoms. The van der Waals surface area contributed by atoms with Crippen LogP contribution in [0.3, 0.4) is 0 Å². The Morgan fingerprint density at radius 3 is 2.42 bits per heavy atom. The number of pyridine rings is 1. The summed E-state index contributed by atoms with van der Waals surface area (Å²) < 4.78 is 19.1. The molecule has 1 heterocycles. The fraction of sp³-hybridized carbons (Fsp3) is 0.182. The monoisotopic (exact) mass is 349 g/mol. The maximum absolute atomic E-state index is 13.8. The molecule has 0 amide bonds. The van der Waals surface area contributed by atoms with Gasteiger partial charge in [-0.3, -0.25) is 9.78 Å². The zero-order chi connectivity index (χ0) is 18.4. The second kappa shape index (κ2) is 8.39. The fourth-order valence-electron chi connectivity index (χ4n) is 2.65. The number of rotatable bonds is 6. The normalized spacial score (nSPS) is 10.5. The van der Waals surface area contributed by atoms with Gasteiger partial charge in [-0.1, -0.05) is 48.5 Å². The van der Waals surface area contributed by atoms with Gasteiger partial charge >= 0.3 is 5.97 Å². The highest BCUT2D eigenvalue weighted by atomic mass is 19.1. The molecule has 0 atom stereocenters. The van der Waals surface area contributed by atoms with Crippen molar-refractivity contribution in [3.63, 3.8) is 0 Å². The topological polar surface area (TPSA) is 39.2 Å². The molecule has 3 rings (SSSR count). The summed E-state index contributed by atoms with van der Waals surface area (Å²) in [5.74, 6) is -0.501. The van der Waals surface area contributed by atoms with Gasteiger partial charge in [-0.05, 0) is 35.7 Å². The van der Waals surface area contributed by atoms with Crippen LogP contribution in [0, 0.1) is 12.7 Å². The lowest BCUT2D eigenvalue weighted by molar-refractivity contribution is -0.142. The fourth-order valence-corrected chi connectivity index (χ4v) is 2.65. The molecule has 0 saturated carbocycles. The summed E-state index contributed by atoms with van der Waals surface area (Å²) in [5, 5.41) is 0. The number of halogens is 1. The van der Waals surface area contributed by atoms with E-state index in [4.69, 9.17) is 4.74 Å². The van der Waals surface area contributed by atoms with Crippen LogP contribution in [-0.4, -0.2) is 17.6 Å². The van der Waals surface area contributed by atoms with E-state index in [1.54, 1.807) is 18.3 Å². The largest absolute Gasteiger partial charge is 0.465 e. The summed E-state index contributed by atoms with van der Waals surface area (Å²) in [6, 6.07) is 18.1. The van der Waals surface area contributed by atoms with E-state index < -0.39 is 0 Å². The van der Waals surface area contributed by atoms with Crippen molar-refractivity contribution in [2.24, 2.45) is 0 Å². The molecule has 0 bridgehead atoms. The molecule has 0 N–H and O–H groups in total. The van der Waals surface area contributed by atoms with Crippen molar-refractivity contribution >= 4 is 5.97 Å². The van der Waals surface area contributed by atoms with Gasteiger partial charge in [0.05, 0.1) is 13.0 Å². The standard InChI is InChI=1S/C22H20FNO2/c1-16-6-7-18(15-24-16)14-22(25)26-13-12-17-8-10-19(11-9-17)20-4-2-3-5-21(20)23/h2-11,15H,12-14H2,1H3.